The van der Waals surface area contributed by atoms with Gasteiger partial charge >= 0.3 is 0 Å². The number of rotatable bonds is 5. The van der Waals surface area contributed by atoms with Crippen molar-refractivity contribution in [2.45, 2.75) is 32.3 Å². The molecule has 0 aliphatic heterocycles. The van der Waals surface area contributed by atoms with Gasteiger partial charge in [-0.3, -0.25) is 0 Å². The Labute approximate surface area is 118 Å². The second-order valence-corrected chi connectivity index (χ2v) is 5.86. The van der Waals surface area contributed by atoms with Crippen LogP contribution in [0.1, 0.15) is 24.3 Å². The third kappa shape index (κ3) is 3.06. The van der Waals surface area contributed by atoms with E-state index in [9.17, 15) is 0 Å². The maximum atomic E-state index is 6.04. The van der Waals surface area contributed by atoms with Gasteiger partial charge in [0.2, 0.25) is 0 Å². The molecule has 0 spiro atoms. The molecule has 3 heteroatoms. The smallest absolute Gasteiger partial charge is 0.0525 e. The predicted molar refractivity (Wildman–Crippen MR) is 81.6 cm³/mol. The highest BCUT2D eigenvalue weighted by molar-refractivity contribution is 7.09. The molecule has 0 amide bonds. The van der Waals surface area contributed by atoms with Crippen molar-refractivity contribution in [1.82, 2.24) is 0 Å². The lowest BCUT2D eigenvalue weighted by Gasteiger charge is -2.30. The molecule has 96 valence electrons. The molecule has 0 fully saturated rings. The summed E-state index contributed by atoms with van der Waals surface area (Å²) >= 11 is 7.84. The van der Waals surface area contributed by atoms with Gasteiger partial charge in [-0.1, -0.05) is 24.3 Å². The first-order valence-corrected chi connectivity index (χ1v) is 7.56. The Morgan fingerprint density at radius 2 is 1.94 bits per heavy atom. The van der Waals surface area contributed by atoms with Crippen molar-refractivity contribution in [3.8, 4) is 0 Å². The second kappa shape index (κ2) is 6.26. The fourth-order valence-electron chi connectivity index (χ4n) is 2.02. The van der Waals surface area contributed by atoms with E-state index in [4.69, 9.17) is 11.6 Å². The lowest BCUT2D eigenvalue weighted by atomic mass is 10.1. The molecule has 1 aromatic carbocycles. The Morgan fingerprint density at radius 1 is 1.17 bits per heavy atom. The highest BCUT2D eigenvalue weighted by atomic mass is 35.5. The van der Waals surface area contributed by atoms with Crippen LogP contribution in [0.2, 0.25) is 0 Å². The third-order valence-electron chi connectivity index (χ3n) is 2.97. The molecular weight excluding hydrogens is 262 g/mol. The first-order chi connectivity index (χ1) is 8.72. The van der Waals surface area contributed by atoms with Gasteiger partial charge in [0.15, 0.2) is 0 Å². The van der Waals surface area contributed by atoms with Crippen LogP contribution in [0.25, 0.3) is 0 Å². The molecule has 2 rings (SSSR count). The molecule has 0 aliphatic carbocycles. The Morgan fingerprint density at radius 3 is 2.56 bits per heavy atom. The van der Waals surface area contributed by atoms with E-state index in [0.717, 1.165) is 6.54 Å². The molecule has 0 saturated heterocycles. The van der Waals surface area contributed by atoms with Crippen LogP contribution in [0.4, 0.5) is 5.69 Å². The quantitative estimate of drug-likeness (QED) is 0.704. The summed E-state index contributed by atoms with van der Waals surface area (Å²) in [6.07, 6.45) is 0. The van der Waals surface area contributed by atoms with Crippen molar-refractivity contribution in [1.29, 1.82) is 0 Å². The third-order valence-corrected chi connectivity index (χ3v) is 4.12. The normalized spacial score (nSPS) is 10.9. The van der Waals surface area contributed by atoms with E-state index in [-0.39, 0.29) is 0 Å². The maximum Gasteiger partial charge on any atom is 0.0525 e. The zero-order valence-electron chi connectivity index (χ0n) is 10.8. The van der Waals surface area contributed by atoms with Gasteiger partial charge in [0, 0.05) is 22.5 Å². The fourth-order valence-corrected chi connectivity index (χ4v) is 2.95. The first kappa shape index (κ1) is 13.4. The summed E-state index contributed by atoms with van der Waals surface area (Å²) in [5.41, 5.74) is 2.44. The fraction of sp³-hybridized carbons (Fsp3) is 0.333. The van der Waals surface area contributed by atoms with Crippen LogP contribution in [0.3, 0.4) is 0 Å². The number of alkyl halides is 1. The van der Waals surface area contributed by atoms with Crippen LogP contribution in [-0.4, -0.2) is 6.04 Å². The molecule has 1 nitrogen and oxygen atoms in total. The van der Waals surface area contributed by atoms with E-state index < -0.39 is 0 Å². The molecule has 1 heterocycles. The summed E-state index contributed by atoms with van der Waals surface area (Å²) < 4.78 is 0. The zero-order chi connectivity index (χ0) is 13.0. The van der Waals surface area contributed by atoms with Crippen molar-refractivity contribution < 1.29 is 0 Å². The van der Waals surface area contributed by atoms with Gasteiger partial charge in [0.05, 0.1) is 6.54 Å². The minimum Gasteiger partial charge on any atom is -0.364 e. The maximum absolute atomic E-state index is 6.04. The molecule has 2 aromatic rings. The number of benzene rings is 1. The van der Waals surface area contributed by atoms with Crippen molar-refractivity contribution >= 4 is 28.6 Å². The van der Waals surface area contributed by atoms with Crippen LogP contribution in [0, 0.1) is 0 Å². The van der Waals surface area contributed by atoms with Crippen molar-refractivity contribution in [2.75, 3.05) is 4.90 Å². The Bertz CT molecular complexity index is 479. The van der Waals surface area contributed by atoms with Crippen LogP contribution < -0.4 is 4.90 Å². The number of nitrogens with zero attached hydrogens (tertiary/aromatic N) is 1. The highest BCUT2D eigenvalue weighted by Crippen LogP contribution is 2.26. The average Bonchev–Trinajstić information content (AvgIpc) is 2.88. The highest BCUT2D eigenvalue weighted by Gasteiger charge is 2.14. The lowest BCUT2D eigenvalue weighted by Crippen LogP contribution is -2.30. The SMILES string of the molecule is CC(C)N(Cc1cccs1)c1ccccc1CCl. The lowest BCUT2D eigenvalue weighted by molar-refractivity contribution is 0.685. The van der Waals surface area contributed by atoms with E-state index in [0.29, 0.717) is 11.9 Å². The van der Waals surface area contributed by atoms with Crippen molar-refractivity contribution in [3.63, 3.8) is 0 Å². The van der Waals surface area contributed by atoms with Gasteiger partial charge in [-0.2, -0.15) is 0 Å². The summed E-state index contributed by atoms with van der Waals surface area (Å²) in [5, 5.41) is 2.13. The number of anilines is 1. The number of halogens is 1. The molecule has 0 unspecified atom stereocenters. The van der Waals surface area contributed by atoms with Gasteiger partial charge in [-0.15, -0.1) is 22.9 Å². The Balaban J connectivity index is 2.29. The molecule has 0 saturated carbocycles. The van der Waals surface area contributed by atoms with E-state index in [2.05, 4.69) is 54.5 Å². The summed E-state index contributed by atoms with van der Waals surface area (Å²) in [6.45, 7) is 5.39. The summed E-state index contributed by atoms with van der Waals surface area (Å²) in [6, 6.07) is 13.1. The standard InChI is InChI=1S/C15H18ClNS/c1-12(2)17(11-14-7-5-9-18-14)15-8-4-3-6-13(15)10-16/h3-9,12H,10-11H2,1-2H3. The topological polar surface area (TPSA) is 3.24 Å². The molecule has 18 heavy (non-hydrogen) atoms. The molecule has 0 radical (unpaired) electrons. The van der Waals surface area contributed by atoms with E-state index in [1.54, 1.807) is 11.3 Å². The second-order valence-electron chi connectivity index (χ2n) is 4.56. The van der Waals surface area contributed by atoms with Crippen LogP contribution >= 0.6 is 22.9 Å². The number of para-hydroxylation sites is 1. The minimum atomic E-state index is 0.455. The van der Waals surface area contributed by atoms with Gasteiger partial charge in [-0.25, -0.2) is 0 Å². The number of thiophene rings is 1. The van der Waals surface area contributed by atoms with Crippen molar-refractivity contribution in [2.24, 2.45) is 0 Å². The summed E-state index contributed by atoms with van der Waals surface area (Å²) in [7, 11) is 0. The van der Waals surface area contributed by atoms with Crippen molar-refractivity contribution in [3.05, 3.63) is 52.2 Å². The van der Waals surface area contributed by atoms with Gasteiger partial charge < -0.3 is 4.90 Å². The van der Waals surface area contributed by atoms with Gasteiger partial charge in [-0.05, 0) is 36.9 Å². The molecular formula is C15H18ClNS. The number of hydrogen-bond acceptors (Lipinski definition) is 2. The largest absolute Gasteiger partial charge is 0.364 e. The van der Waals surface area contributed by atoms with E-state index in [1.807, 2.05) is 6.07 Å². The molecule has 0 aliphatic rings. The first-order valence-electron chi connectivity index (χ1n) is 6.15. The molecule has 1 aromatic heterocycles. The van der Waals surface area contributed by atoms with E-state index >= 15 is 0 Å². The zero-order valence-corrected chi connectivity index (χ0v) is 12.3. The van der Waals surface area contributed by atoms with Gasteiger partial charge in [0.1, 0.15) is 0 Å². The average molecular weight is 280 g/mol. The van der Waals surface area contributed by atoms with Crippen LogP contribution in [0.5, 0.6) is 0 Å². The predicted octanol–water partition coefficient (Wildman–Crippen LogP) is 4.90. The van der Waals surface area contributed by atoms with Gasteiger partial charge in [0.25, 0.3) is 0 Å². The number of hydrogen-bond donors (Lipinski definition) is 0. The van der Waals surface area contributed by atoms with E-state index in [1.165, 1.54) is 16.1 Å². The molecule has 0 bridgehead atoms. The molecule has 0 N–H and O–H groups in total. The monoisotopic (exact) mass is 279 g/mol. The van der Waals surface area contributed by atoms with Crippen LogP contribution in [-0.2, 0) is 12.4 Å². The van der Waals surface area contributed by atoms with Crippen LogP contribution in [0.15, 0.2) is 41.8 Å². The molecule has 0 atom stereocenters. The summed E-state index contributed by atoms with van der Waals surface area (Å²) in [5.74, 6) is 0.559. The minimum absolute atomic E-state index is 0.455. The Kier molecular flexibility index (Phi) is 4.67. The Hall–Kier alpha value is -0.990. The summed E-state index contributed by atoms with van der Waals surface area (Å²) in [4.78, 5) is 3.79.